The van der Waals surface area contributed by atoms with E-state index in [2.05, 4.69) is 59.5 Å². The predicted octanol–water partition coefficient (Wildman–Crippen LogP) is 5.04. The maximum atomic E-state index is 3.71. The highest BCUT2D eigenvalue weighted by Crippen LogP contribution is 2.38. The zero-order valence-electron chi connectivity index (χ0n) is 12.9. The Hall–Kier alpha value is -0.340. The van der Waals surface area contributed by atoms with Gasteiger partial charge in [0.15, 0.2) is 0 Å². The van der Waals surface area contributed by atoms with Gasteiger partial charge < -0.3 is 5.32 Å². The fourth-order valence-corrected chi connectivity index (χ4v) is 4.27. The maximum absolute atomic E-state index is 3.71. The molecule has 0 radical (unpaired) electrons. The molecule has 0 heterocycles. The molecule has 2 heteroatoms. The lowest BCUT2D eigenvalue weighted by molar-refractivity contribution is 0.169. The van der Waals surface area contributed by atoms with Crippen LogP contribution in [-0.4, -0.2) is 13.6 Å². The Morgan fingerprint density at radius 2 is 2.00 bits per heavy atom. The quantitative estimate of drug-likeness (QED) is 0.766. The molecule has 0 bridgehead atoms. The molecule has 0 spiro atoms. The second-order valence-corrected chi connectivity index (χ2v) is 7.20. The van der Waals surface area contributed by atoms with E-state index in [-0.39, 0.29) is 0 Å². The highest BCUT2D eigenvalue weighted by Gasteiger charge is 2.29. The van der Waals surface area contributed by atoms with Gasteiger partial charge in [-0.25, -0.2) is 0 Å². The third-order valence-electron chi connectivity index (χ3n) is 4.85. The van der Waals surface area contributed by atoms with E-state index >= 15 is 0 Å². The third kappa shape index (κ3) is 4.33. The van der Waals surface area contributed by atoms with Gasteiger partial charge in [-0.15, -0.1) is 0 Å². The zero-order chi connectivity index (χ0) is 14.4. The van der Waals surface area contributed by atoms with E-state index in [9.17, 15) is 0 Å². The van der Waals surface area contributed by atoms with Crippen molar-refractivity contribution in [2.75, 3.05) is 13.6 Å². The molecule has 0 aromatic heterocycles. The largest absolute Gasteiger partial charge is 0.319 e. The molecule has 1 aromatic carbocycles. The Bertz CT molecular complexity index is 404. The molecule has 0 saturated heterocycles. The number of hydrogen-bond donors (Lipinski definition) is 1. The highest BCUT2D eigenvalue weighted by atomic mass is 79.9. The summed E-state index contributed by atoms with van der Waals surface area (Å²) in [4.78, 5) is 0. The first-order valence-corrected chi connectivity index (χ1v) is 8.91. The number of benzene rings is 1. The molecule has 1 fully saturated rings. The zero-order valence-corrected chi connectivity index (χ0v) is 14.5. The SMILES string of the molecule is CCCC1CCC(CNC)C(Cc2ccccc2Br)C1. The van der Waals surface area contributed by atoms with Crippen LogP contribution in [0.4, 0.5) is 0 Å². The summed E-state index contributed by atoms with van der Waals surface area (Å²) < 4.78 is 1.28. The highest BCUT2D eigenvalue weighted by molar-refractivity contribution is 9.10. The Morgan fingerprint density at radius 1 is 1.20 bits per heavy atom. The fraction of sp³-hybridized carbons (Fsp3) is 0.667. The summed E-state index contributed by atoms with van der Waals surface area (Å²) in [5.74, 6) is 2.65. The van der Waals surface area contributed by atoms with Crippen LogP contribution in [0.15, 0.2) is 28.7 Å². The molecule has 3 unspecified atom stereocenters. The average Bonchev–Trinajstić information content (AvgIpc) is 2.45. The summed E-state index contributed by atoms with van der Waals surface area (Å²) in [5, 5.41) is 3.40. The molecular weight excluding hydrogens is 310 g/mol. The Labute approximate surface area is 132 Å². The van der Waals surface area contributed by atoms with E-state index in [1.54, 1.807) is 0 Å². The minimum atomic E-state index is 0.839. The van der Waals surface area contributed by atoms with Gasteiger partial charge in [0, 0.05) is 4.47 Å². The molecule has 1 aliphatic carbocycles. The van der Waals surface area contributed by atoms with Crippen molar-refractivity contribution in [2.24, 2.45) is 17.8 Å². The van der Waals surface area contributed by atoms with Gasteiger partial charge in [-0.2, -0.15) is 0 Å². The summed E-state index contributed by atoms with van der Waals surface area (Å²) in [5.41, 5.74) is 1.48. The molecule has 3 atom stereocenters. The van der Waals surface area contributed by atoms with Gasteiger partial charge in [0.1, 0.15) is 0 Å². The number of hydrogen-bond acceptors (Lipinski definition) is 1. The summed E-state index contributed by atoms with van der Waals surface area (Å²) in [6.07, 6.45) is 8.24. The predicted molar refractivity (Wildman–Crippen MR) is 91.0 cm³/mol. The summed E-state index contributed by atoms with van der Waals surface area (Å²) in [6, 6.07) is 8.73. The lowest BCUT2D eigenvalue weighted by Gasteiger charge is -2.36. The second kappa shape index (κ2) is 8.19. The number of halogens is 1. The van der Waals surface area contributed by atoms with Gasteiger partial charge in [-0.1, -0.05) is 60.3 Å². The normalized spacial score (nSPS) is 26.6. The molecule has 112 valence electrons. The van der Waals surface area contributed by atoms with E-state index < -0.39 is 0 Å². The van der Waals surface area contributed by atoms with Crippen LogP contribution in [0.5, 0.6) is 0 Å². The second-order valence-electron chi connectivity index (χ2n) is 6.34. The molecule has 0 aliphatic heterocycles. The van der Waals surface area contributed by atoms with Crippen LogP contribution in [-0.2, 0) is 6.42 Å². The van der Waals surface area contributed by atoms with Gasteiger partial charge in [-0.05, 0) is 62.2 Å². The lowest BCUT2D eigenvalue weighted by atomic mass is 9.70. The standard InChI is InChI=1S/C18H28BrN/c1-3-6-14-9-10-16(13-20-2)17(11-14)12-15-7-4-5-8-18(15)19/h4-5,7-8,14,16-17,20H,3,6,9-13H2,1-2H3. The van der Waals surface area contributed by atoms with Gasteiger partial charge in [-0.3, -0.25) is 0 Å². The van der Waals surface area contributed by atoms with Crippen molar-refractivity contribution < 1.29 is 0 Å². The van der Waals surface area contributed by atoms with Crippen LogP contribution in [0.2, 0.25) is 0 Å². The first-order valence-electron chi connectivity index (χ1n) is 8.12. The van der Waals surface area contributed by atoms with Gasteiger partial charge >= 0.3 is 0 Å². The van der Waals surface area contributed by atoms with Crippen molar-refractivity contribution in [3.8, 4) is 0 Å². The smallest absolute Gasteiger partial charge is 0.0207 e. The third-order valence-corrected chi connectivity index (χ3v) is 5.63. The van der Waals surface area contributed by atoms with Crippen LogP contribution in [0, 0.1) is 17.8 Å². The van der Waals surface area contributed by atoms with Crippen molar-refractivity contribution in [1.82, 2.24) is 5.32 Å². The van der Waals surface area contributed by atoms with Crippen LogP contribution < -0.4 is 5.32 Å². The van der Waals surface area contributed by atoms with Gasteiger partial charge in [0.2, 0.25) is 0 Å². The average molecular weight is 338 g/mol. The van der Waals surface area contributed by atoms with Crippen molar-refractivity contribution in [1.29, 1.82) is 0 Å². The summed E-state index contributed by atoms with van der Waals surface area (Å²) >= 11 is 3.71. The topological polar surface area (TPSA) is 12.0 Å². The van der Waals surface area contributed by atoms with E-state index in [4.69, 9.17) is 0 Å². The van der Waals surface area contributed by atoms with Crippen LogP contribution >= 0.6 is 15.9 Å². The first-order chi connectivity index (χ1) is 9.74. The Kier molecular flexibility index (Phi) is 6.57. The molecule has 20 heavy (non-hydrogen) atoms. The van der Waals surface area contributed by atoms with E-state index in [1.807, 2.05) is 0 Å². The van der Waals surface area contributed by atoms with Crippen molar-refractivity contribution in [2.45, 2.75) is 45.4 Å². The van der Waals surface area contributed by atoms with E-state index in [0.717, 1.165) is 17.8 Å². The van der Waals surface area contributed by atoms with Gasteiger partial charge in [0.05, 0.1) is 0 Å². The molecule has 1 aromatic rings. The van der Waals surface area contributed by atoms with Crippen LogP contribution in [0.3, 0.4) is 0 Å². The number of rotatable bonds is 6. The first kappa shape index (κ1) is 16.0. The summed E-state index contributed by atoms with van der Waals surface area (Å²) in [6.45, 7) is 3.50. The van der Waals surface area contributed by atoms with Crippen molar-refractivity contribution >= 4 is 15.9 Å². The molecular formula is C18H28BrN. The van der Waals surface area contributed by atoms with Gasteiger partial charge in [0.25, 0.3) is 0 Å². The minimum Gasteiger partial charge on any atom is -0.319 e. The monoisotopic (exact) mass is 337 g/mol. The molecule has 2 rings (SSSR count). The maximum Gasteiger partial charge on any atom is 0.0207 e. The molecule has 1 aliphatic rings. The Balaban J connectivity index is 2.05. The van der Waals surface area contributed by atoms with Crippen molar-refractivity contribution in [3.63, 3.8) is 0 Å². The lowest BCUT2D eigenvalue weighted by Crippen LogP contribution is -2.33. The van der Waals surface area contributed by atoms with Crippen molar-refractivity contribution in [3.05, 3.63) is 34.3 Å². The van der Waals surface area contributed by atoms with Crippen LogP contribution in [0.25, 0.3) is 0 Å². The molecule has 1 N–H and O–H groups in total. The summed E-state index contributed by atoms with van der Waals surface area (Å²) in [7, 11) is 2.09. The molecule has 0 amide bonds. The van der Waals surface area contributed by atoms with E-state index in [0.29, 0.717) is 0 Å². The molecule has 1 saturated carbocycles. The molecule has 1 nitrogen and oxygen atoms in total. The number of nitrogens with one attached hydrogen (secondary N) is 1. The van der Waals surface area contributed by atoms with E-state index in [1.165, 1.54) is 55.1 Å². The Morgan fingerprint density at radius 3 is 2.70 bits per heavy atom. The van der Waals surface area contributed by atoms with Crippen LogP contribution in [0.1, 0.15) is 44.6 Å². The fourth-order valence-electron chi connectivity index (χ4n) is 3.82. The minimum absolute atomic E-state index is 0.839.